The zero-order chi connectivity index (χ0) is 18.8. The molecule has 2 aromatic rings. The van der Waals surface area contributed by atoms with Gasteiger partial charge in [0.05, 0.1) is 12.2 Å². The highest BCUT2D eigenvalue weighted by Crippen LogP contribution is 2.40. The van der Waals surface area contributed by atoms with Crippen LogP contribution < -0.4 is 5.32 Å². The number of esters is 1. The van der Waals surface area contributed by atoms with Crippen LogP contribution in [0.4, 0.5) is 13.8 Å². The minimum absolute atomic E-state index is 0.0153. The smallest absolute Gasteiger partial charge is 0.341 e. The van der Waals surface area contributed by atoms with Gasteiger partial charge in [-0.25, -0.2) is 13.6 Å². The van der Waals surface area contributed by atoms with Gasteiger partial charge in [0.15, 0.2) is 11.6 Å². The molecule has 1 aliphatic carbocycles. The van der Waals surface area contributed by atoms with Gasteiger partial charge in [0.1, 0.15) is 5.00 Å². The standard InChI is InChI=1S/C19H19F2NO3S/c1-3-25-19(24)16-12-6-4-10(2)8-15(12)26-18(16)22-17(23)11-5-7-13(20)14(21)9-11/h5,7,9-10H,3-4,6,8H2,1-2H3,(H,22,23)/t10-/m0/s1. The highest BCUT2D eigenvalue weighted by Gasteiger charge is 2.29. The van der Waals surface area contributed by atoms with Gasteiger partial charge in [0, 0.05) is 10.4 Å². The van der Waals surface area contributed by atoms with Gasteiger partial charge in [0.25, 0.3) is 5.91 Å². The number of thiophene rings is 1. The van der Waals surface area contributed by atoms with Crippen molar-refractivity contribution in [2.24, 2.45) is 5.92 Å². The maximum Gasteiger partial charge on any atom is 0.341 e. The van der Waals surface area contributed by atoms with Crippen LogP contribution in [0, 0.1) is 17.6 Å². The summed E-state index contributed by atoms with van der Waals surface area (Å²) >= 11 is 1.35. The van der Waals surface area contributed by atoms with Gasteiger partial charge in [-0.2, -0.15) is 0 Å². The minimum Gasteiger partial charge on any atom is -0.462 e. The molecule has 1 aromatic heterocycles. The van der Waals surface area contributed by atoms with Crippen molar-refractivity contribution in [2.75, 3.05) is 11.9 Å². The fraction of sp³-hybridized carbons (Fsp3) is 0.368. The highest BCUT2D eigenvalue weighted by atomic mass is 32.1. The fourth-order valence-electron chi connectivity index (χ4n) is 3.07. The number of hydrogen-bond donors (Lipinski definition) is 1. The first-order valence-electron chi connectivity index (χ1n) is 8.48. The van der Waals surface area contributed by atoms with Gasteiger partial charge in [-0.1, -0.05) is 6.92 Å². The number of carbonyl (C=O) groups is 2. The topological polar surface area (TPSA) is 55.4 Å². The zero-order valence-electron chi connectivity index (χ0n) is 14.5. The van der Waals surface area contributed by atoms with E-state index in [1.54, 1.807) is 6.92 Å². The molecule has 1 aliphatic rings. The van der Waals surface area contributed by atoms with E-state index in [-0.39, 0.29) is 12.2 Å². The predicted molar refractivity (Wildman–Crippen MR) is 95.8 cm³/mol. The largest absolute Gasteiger partial charge is 0.462 e. The van der Waals surface area contributed by atoms with Crippen LogP contribution in [-0.4, -0.2) is 18.5 Å². The average Bonchev–Trinajstić information content (AvgIpc) is 2.94. The first kappa shape index (κ1) is 18.5. The van der Waals surface area contributed by atoms with Crippen molar-refractivity contribution in [2.45, 2.75) is 33.1 Å². The van der Waals surface area contributed by atoms with Crippen molar-refractivity contribution in [3.05, 3.63) is 51.4 Å². The maximum atomic E-state index is 13.4. The van der Waals surface area contributed by atoms with E-state index in [0.29, 0.717) is 16.5 Å². The van der Waals surface area contributed by atoms with E-state index in [2.05, 4.69) is 12.2 Å². The van der Waals surface area contributed by atoms with E-state index in [9.17, 15) is 18.4 Å². The van der Waals surface area contributed by atoms with Crippen LogP contribution in [0.5, 0.6) is 0 Å². The second-order valence-corrected chi connectivity index (χ2v) is 7.46. The lowest BCUT2D eigenvalue weighted by Gasteiger charge is -2.18. The van der Waals surface area contributed by atoms with Gasteiger partial charge in [-0.05, 0) is 55.9 Å². The highest BCUT2D eigenvalue weighted by molar-refractivity contribution is 7.17. The van der Waals surface area contributed by atoms with Gasteiger partial charge >= 0.3 is 5.97 Å². The lowest BCUT2D eigenvalue weighted by atomic mass is 9.88. The number of hydrogen-bond acceptors (Lipinski definition) is 4. The maximum absolute atomic E-state index is 13.4. The molecule has 1 atom stereocenters. The summed E-state index contributed by atoms with van der Waals surface area (Å²) in [5.41, 5.74) is 1.29. The summed E-state index contributed by atoms with van der Waals surface area (Å²) in [5, 5.41) is 3.07. The van der Waals surface area contributed by atoms with Crippen LogP contribution in [0.15, 0.2) is 18.2 Å². The molecular weight excluding hydrogens is 360 g/mol. The third kappa shape index (κ3) is 3.62. The summed E-state index contributed by atoms with van der Waals surface area (Å²) in [4.78, 5) is 25.9. The van der Waals surface area contributed by atoms with Crippen molar-refractivity contribution in [1.29, 1.82) is 0 Å². The third-order valence-electron chi connectivity index (χ3n) is 4.40. The second-order valence-electron chi connectivity index (χ2n) is 6.36. The molecule has 7 heteroatoms. The molecular formula is C19H19F2NO3S. The molecule has 1 aromatic carbocycles. The van der Waals surface area contributed by atoms with E-state index in [1.807, 2.05) is 0 Å². The van der Waals surface area contributed by atoms with Crippen LogP contribution in [0.2, 0.25) is 0 Å². The molecule has 1 amide bonds. The van der Waals surface area contributed by atoms with Crippen LogP contribution in [0.3, 0.4) is 0 Å². The Morgan fingerprint density at radius 2 is 2.08 bits per heavy atom. The molecule has 3 rings (SSSR count). The summed E-state index contributed by atoms with van der Waals surface area (Å²) < 4.78 is 31.6. The number of anilines is 1. The van der Waals surface area contributed by atoms with Crippen molar-refractivity contribution in [3.63, 3.8) is 0 Å². The molecule has 0 aliphatic heterocycles. The monoisotopic (exact) mass is 379 g/mol. The van der Waals surface area contributed by atoms with Crippen molar-refractivity contribution < 1.29 is 23.1 Å². The molecule has 0 fully saturated rings. The van der Waals surface area contributed by atoms with Crippen LogP contribution in [0.25, 0.3) is 0 Å². The molecule has 4 nitrogen and oxygen atoms in total. The summed E-state index contributed by atoms with van der Waals surface area (Å²) in [5.74, 6) is -2.68. The number of fused-ring (bicyclic) bond motifs is 1. The van der Waals surface area contributed by atoms with Gasteiger partial charge in [-0.15, -0.1) is 11.3 Å². The summed E-state index contributed by atoms with van der Waals surface area (Å²) in [6.07, 6.45) is 2.56. The molecule has 0 saturated carbocycles. The number of ether oxygens (including phenoxy) is 1. The average molecular weight is 379 g/mol. The molecule has 0 spiro atoms. The predicted octanol–water partition coefficient (Wildman–Crippen LogP) is 4.58. The van der Waals surface area contributed by atoms with Crippen LogP contribution in [0.1, 0.15) is 51.4 Å². The molecule has 0 saturated heterocycles. The summed E-state index contributed by atoms with van der Waals surface area (Å²) in [6, 6.07) is 2.94. The second kappa shape index (κ2) is 7.53. The lowest BCUT2D eigenvalue weighted by Crippen LogP contribution is -2.17. The number of halogens is 2. The Morgan fingerprint density at radius 3 is 2.77 bits per heavy atom. The first-order valence-corrected chi connectivity index (χ1v) is 9.30. The lowest BCUT2D eigenvalue weighted by molar-refractivity contribution is 0.0526. The van der Waals surface area contributed by atoms with Crippen molar-refractivity contribution in [1.82, 2.24) is 0 Å². The Bertz CT molecular complexity index is 863. The fourth-order valence-corrected chi connectivity index (χ4v) is 4.46. The molecule has 138 valence electrons. The third-order valence-corrected chi connectivity index (χ3v) is 5.57. The number of benzene rings is 1. The normalized spacial score (nSPS) is 16.1. The quantitative estimate of drug-likeness (QED) is 0.791. The Hall–Kier alpha value is -2.28. The Balaban J connectivity index is 1.94. The molecule has 1 heterocycles. The van der Waals surface area contributed by atoms with E-state index in [0.717, 1.165) is 41.8 Å². The van der Waals surface area contributed by atoms with Crippen molar-refractivity contribution >= 4 is 28.2 Å². The zero-order valence-corrected chi connectivity index (χ0v) is 15.3. The van der Waals surface area contributed by atoms with E-state index in [1.165, 1.54) is 17.4 Å². The van der Waals surface area contributed by atoms with Crippen LogP contribution >= 0.6 is 11.3 Å². The molecule has 26 heavy (non-hydrogen) atoms. The van der Waals surface area contributed by atoms with E-state index in [4.69, 9.17) is 4.74 Å². The Kier molecular flexibility index (Phi) is 5.36. The van der Waals surface area contributed by atoms with Gasteiger partial charge in [-0.3, -0.25) is 4.79 Å². The minimum atomic E-state index is -1.09. The molecule has 0 radical (unpaired) electrons. The molecule has 0 unspecified atom stereocenters. The van der Waals surface area contributed by atoms with E-state index >= 15 is 0 Å². The molecule has 1 N–H and O–H groups in total. The van der Waals surface area contributed by atoms with E-state index < -0.39 is 23.5 Å². The first-order chi connectivity index (χ1) is 12.4. The Labute approximate surface area is 154 Å². The van der Waals surface area contributed by atoms with Crippen LogP contribution in [-0.2, 0) is 17.6 Å². The number of rotatable bonds is 4. The Morgan fingerprint density at radius 1 is 1.31 bits per heavy atom. The summed E-state index contributed by atoms with van der Waals surface area (Å²) in [6.45, 7) is 4.10. The van der Waals surface area contributed by atoms with Crippen molar-refractivity contribution in [3.8, 4) is 0 Å². The SMILES string of the molecule is CCOC(=O)c1c(NC(=O)c2ccc(F)c(F)c2)sc2c1CC[C@H](C)C2. The number of nitrogens with one attached hydrogen (secondary N) is 1. The summed E-state index contributed by atoms with van der Waals surface area (Å²) in [7, 11) is 0. The van der Waals surface area contributed by atoms with Gasteiger partial charge < -0.3 is 10.1 Å². The van der Waals surface area contributed by atoms with Gasteiger partial charge in [0.2, 0.25) is 0 Å². The number of carbonyl (C=O) groups excluding carboxylic acids is 2. The molecule has 0 bridgehead atoms. The number of amides is 1.